The SMILES string of the molecule is COc1ccc2nc(N3C(=O)C(O)=C(C(=O)c4cccs4)C3c3ccc(C(C)(C)C)cc3)sc2c1. The Labute approximate surface area is 211 Å². The van der Waals surface area contributed by atoms with Crippen LogP contribution in [0.15, 0.2) is 71.3 Å². The standard InChI is InChI=1S/C27H24N2O4S2/c1-27(2,3)16-9-7-15(8-10-16)22-21(23(30)19-6-5-13-34-19)24(31)25(32)29(22)26-28-18-12-11-17(33-4)14-20(18)35-26/h5-14,22,31H,1-4H3. The van der Waals surface area contributed by atoms with E-state index in [9.17, 15) is 14.7 Å². The number of amides is 1. The number of hydrogen-bond donors (Lipinski definition) is 1. The average molecular weight is 505 g/mol. The summed E-state index contributed by atoms with van der Waals surface area (Å²) in [6.07, 6.45) is 0. The lowest BCUT2D eigenvalue weighted by molar-refractivity contribution is -0.117. The van der Waals surface area contributed by atoms with Crippen LogP contribution in [0.25, 0.3) is 10.2 Å². The molecule has 6 nitrogen and oxygen atoms in total. The first-order valence-corrected chi connectivity index (χ1v) is 12.8. The zero-order chi connectivity index (χ0) is 24.9. The highest BCUT2D eigenvalue weighted by atomic mass is 32.1. The second-order valence-electron chi connectivity index (χ2n) is 9.35. The molecule has 1 aliphatic rings. The number of hydrogen-bond acceptors (Lipinski definition) is 7. The number of nitrogens with zero attached hydrogens (tertiary/aromatic N) is 2. The molecule has 2 aromatic carbocycles. The first kappa shape index (κ1) is 23.3. The second kappa shape index (κ2) is 8.62. The van der Waals surface area contributed by atoms with E-state index in [-0.39, 0.29) is 16.8 Å². The molecule has 5 rings (SSSR count). The number of thiazole rings is 1. The van der Waals surface area contributed by atoms with Crippen molar-refractivity contribution in [3.8, 4) is 5.75 Å². The minimum Gasteiger partial charge on any atom is -0.503 e. The van der Waals surface area contributed by atoms with Gasteiger partial charge in [-0.25, -0.2) is 4.98 Å². The lowest BCUT2D eigenvalue weighted by Crippen LogP contribution is -2.31. The minimum atomic E-state index is -0.798. The Balaban J connectivity index is 1.66. The third-order valence-corrected chi connectivity index (χ3v) is 7.97. The number of ether oxygens (including phenoxy) is 1. The van der Waals surface area contributed by atoms with Gasteiger partial charge in [-0.3, -0.25) is 14.5 Å². The summed E-state index contributed by atoms with van der Waals surface area (Å²) in [4.78, 5) is 33.5. The fourth-order valence-electron chi connectivity index (χ4n) is 4.18. The molecule has 1 aliphatic heterocycles. The normalized spacial score (nSPS) is 16.4. The topological polar surface area (TPSA) is 79.7 Å². The van der Waals surface area contributed by atoms with Gasteiger partial charge in [-0.2, -0.15) is 0 Å². The maximum Gasteiger partial charge on any atom is 0.296 e. The van der Waals surface area contributed by atoms with Gasteiger partial charge in [0.25, 0.3) is 5.91 Å². The van der Waals surface area contributed by atoms with Crippen molar-refractivity contribution in [1.82, 2.24) is 4.98 Å². The molecule has 4 aromatic rings. The number of carbonyl (C=O) groups is 2. The molecule has 2 aromatic heterocycles. The molecule has 1 atom stereocenters. The van der Waals surface area contributed by atoms with Crippen LogP contribution < -0.4 is 9.64 Å². The van der Waals surface area contributed by atoms with Gasteiger partial charge in [0.05, 0.1) is 33.8 Å². The third kappa shape index (κ3) is 4.02. The molecule has 0 saturated heterocycles. The van der Waals surface area contributed by atoms with E-state index >= 15 is 0 Å². The van der Waals surface area contributed by atoms with Crippen molar-refractivity contribution in [3.05, 3.63) is 87.3 Å². The highest BCUT2D eigenvalue weighted by molar-refractivity contribution is 7.22. The number of anilines is 1. The number of carbonyl (C=O) groups excluding carboxylic acids is 2. The molecular formula is C27H24N2O4S2. The smallest absolute Gasteiger partial charge is 0.296 e. The molecule has 178 valence electrons. The van der Waals surface area contributed by atoms with Crippen LogP contribution in [0.1, 0.15) is 47.6 Å². The maximum atomic E-state index is 13.5. The fraction of sp³-hybridized carbons (Fsp3) is 0.222. The fourth-order valence-corrected chi connectivity index (χ4v) is 5.88. The van der Waals surface area contributed by atoms with Gasteiger partial charge < -0.3 is 9.84 Å². The van der Waals surface area contributed by atoms with Crippen LogP contribution in [0.5, 0.6) is 5.75 Å². The maximum absolute atomic E-state index is 13.5. The predicted octanol–water partition coefficient (Wildman–Crippen LogP) is 6.45. The number of ketones is 1. The summed E-state index contributed by atoms with van der Waals surface area (Å²) in [5.41, 5.74) is 2.58. The molecular weight excluding hydrogens is 480 g/mol. The number of Topliss-reactive ketones (excluding diaryl/α,β-unsaturated/α-hetero) is 1. The lowest BCUT2D eigenvalue weighted by atomic mass is 9.85. The van der Waals surface area contributed by atoms with Crippen LogP contribution in [0.3, 0.4) is 0 Å². The largest absolute Gasteiger partial charge is 0.503 e. The van der Waals surface area contributed by atoms with E-state index in [2.05, 4.69) is 25.8 Å². The summed E-state index contributed by atoms with van der Waals surface area (Å²) in [5.74, 6) is -0.851. The predicted molar refractivity (Wildman–Crippen MR) is 140 cm³/mol. The monoisotopic (exact) mass is 504 g/mol. The number of fused-ring (bicyclic) bond motifs is 1. The van der Waals surface area contributed by atoms with Gasteiger partial charge in [-0.05, 0) is 46.2 Å². The van der Waals surface area contributed by atoms with Crippen LogP contribution >= 0.6 is 22.7 Å². The summed E-state index contributed by atoms with van der Waals surface area (Å²) in [6, 6.07) is 16.0. The molecule has 0 spiro atoms. The first-order chi connectivity index (χ1) is 16.7. The van der Waals surface area contributed by atoms with Gasteiger partial charge in [-0.15, -0.1) is 11.3 Å². The summed E-state index contributed by atoms with van der Waals surface area (Å²) in [7, 11) is 1.59. The quantitative estimate of drug-likeness (QED) is 0.316. The van der Waals surface area contributed by atoms with Crippen LogP contribution in [0, 0.1) is 0 Å². The average Bonchev–Trinajstić information content (AvgIpc) is 3.56. The number of aromatic nitrogens is 1. The number of aliphatic hydroxyl groups is 1. The zero-order valence-electron chi connectivity index (χ0n) is 19.7. The lowest BCUT2D eigenvalue weighted by Gasteiger charge is -2.25. The van der Waals surface area contributed by atoms with Crippen molar-refractivity contribution in [3.63, 3.8) is 0 Å². The Morgan fingerprint density at radius 2 is 1.86 bits per heavy atom. The van der Waals surface area contributed by atoms with Crippen molar-refractivity contribution >= 4 is 49.7 Å². The van der Waals surface area contributed by atoms with E-state index in [1.54, 1.807) is 24.6 Å². The highest BCUT2D eigenvalue weighted by Gasteiger charge is 2.46. The van der Waals surface area contributed by atoms with Gasteiger partial charge in [0.15, 0.2) is 10.9 Å². The van der Waals surface area contributed by atoms with Crippen LogP contribution in [-0.2, 0) is 10.2 Å². The van der Waals surface area contributed by atoms with Crippen molar-refractivity contribution in [1.29, 1.82) is 0 Å². The number of thiophene rings is 1. The molecule has 8 heteroatoms. The molecule has 0 aliphatic carbocycles. The zero-order valence-corrected chi connectivity index (χ0v) is 21.4. The summed E-state index contributed by atoms with van der Waals surface area (Å²) < 4.78 is 6.16. The molecule has 0 radical (unpaired) electrons. The van der Waals surface area contributed by atoms with Crippen molar-refractivity contribution in [2.75, 3.05) is 12.0 Å². The molecule has 0 saturated carbocycles. The Hall–Kier alpha value is -3.49. The molecule has 0 bridgehead atoms. The summed E-state index contributed by atoms with van der Waals surface area (Å²) >= 11 is 2.59. The van der Waals surface area contributed by atoms with Crippen LogP contribution in [0.4, 0.5) is 5.13 Å². The van der Waals surface area contributed by atoms with Crippen molar-refractivity contribution < 1.29 is 19.4 Å². The van der Waals surface area contributed by atoms with Crippen molar-refractivity contribution in [2.45, 2.75) is 32.2 Å². The van der Waals surface area contributed by atoms with E-state index in [0.717, 1.165) is 15.8 Å². The van der Waals surface area contributed by atoms with Gasteiger partial charge >= 0.3 is 0 Å². The Morgan fingerprint density at radius 1 is 1.11 bits per heavy atom. The molecule has 35 heavy (non-hydrogen) atoms. The van der Waals surface area contributed by atoms with E-state index in [1.165, 1.54) is 27.6 Å². The molecule has 1 unspecified atom stereocenters. The van der Waals surface area contributed by atoms with E-state index in [0.29, 0.717) is 21.3 Å². The number of benzene rings is 2. The second-order valence-corrected chi connectivity index (χ2v) is 11.3. The Kier molecular flexibility index (Phi) is 5.73. The van der Waals surface area contributed by atoms with E-state index in [1.807, 2.05) is 42.5 Å². The summed E-state index contributed by atoms with van der Waals surface area (Å²) in [5, 5.41) is 13.2. The van der Waals surface area contributed by atoms with Gasteiger partial charge in [0, 0.05) is 0 Å². The van der Waals surface area contributed by atoms with Gasteiger partial charge in [-0.1, -0.05) is 62.4 Å². The van der Waals surface area contributed by atoms with Crippen LogP contribution in [0.2, 0.25) is 0 Å². The highest BCUT2D eigenvalue weighted by Crippen LogP contribution is 2.45. The molecule has 0 fully saturated rings. The van der Waals surface area contributed by atoms with Crippen molar-refractivity contribution in [2.24, 2.45) is 0 Å². The Bertz CT molecular complexity index is 1460. The number of rotatable bonds is 5. The molecule has 1 N–H and O–H groups in total. The summed E-state index contributed by atoms with van der Waals surface area (Å²) in [6.45, 7) is 6.38. The van der Waals surface area contributed by atoms with Gasteiger partial charge in [0.2, 0.25) is 5.78 Å². The van der Waals surface area contributed by atoms with E-state index in [4.69, 9.17) is 4.74 Å². The third-order valence-electron chi connectivity index (χ3n) is 6.08. The van der Waals surface area contributed by atoms with E-state index < -0.39 is 17.7 Å². The minimum absolute atomic E-state index is 0.0522. The number of aliphatic hydroxyl groups excluding tert-OH is 1. The van der Waals surface area contributed by atoms with Gasteiger partial charge in [0.1, 0.15) is 5.75 Å². The van der Waals surface area contributed by atoms with Crippen LogP contribution in [-0.4, -0.2) is 28.9 Å². The number of methoxy groups -OCH3 is 1. The molecule has 3 heterocycles. The first-order valence-electron chi connectivity index (χ1n) is 11.1. The Morgan fingerprint density at radius 3 is 2.49 bits per heavy atom. The molecule has 1 amide bonds.